The van der Waals surface area contributed by atoms with Gasteiger partial charge in [0, 0.05) is 10.4 Å². The van der Waals surface area contributed by atoms with Crippen LogP contribution >= 0.6 is 0 Å². The van der Waals surface area contributed by atoms with Gasteiger partial charge in [-0.1, -0.05) is 60.7 Å². The first-order valence-corrected chi connectivity index (χ1v) is 6.60. The predicted octanol–water partition coefficient (Wildman–Crippen LogP) is 0.666. The second kappa shape index (κ2) is 3.98. The molecule has 0 aromatic heterocycles. The SMILES string of the molecule is [O][Si](O)(c1ccccc1)c1ccccc1. The molecule has 2 rings (SSSR count). The van der Waals surface area contributed by atoms with Crippen LogP contribution in [0.4, 0.5) is 0 Å². The van der Waals surface area contributed by atoms with Crippen molar-refractivity contribution in [3.8, 4) is 0 Å². The minimum atomic E-state index is -3.71. The molecule has 0 saturated heterocycles. The standard InChI is InChI=1S/C12H11O2Si/c13-15(14,11-7-3-1-4-8-11)12-9-5-2-6-10-12/h1-10,13H. The number of rotatable bonds is 2. The normalized spacial score (nSPS) is 11.3. The van der Waals surface area contributed by atoms with E-state index in [1.165, 1.54) is 0 Å². The maximum atomic E-state index is 12.2. The molecule has 15 heavy (non-hydrogen) atoms. The van der Waals surface area contributed by atoms with Crippen LogP contribution in [0.5, 0.6) is 0 Å². The summed E-state index contributed by atoms with van der Waals surface area (Å²) in [7, 11) is -3.71. The first-order valence-electron chi connectivity index (χ1n) is 4.75. The van der Waals surface area contributed by atoms with E-state index >= 15 is 0 Å². The van der Waals surface area contributed by atoms with Gasteiger partial charge in [0.05, 0.1) is 0 Å². The highest BCUT2D eigenvalue weighted by Crippen LogP contribution is 1.98. The molecule has 2 aromatic rings. The summed E-state index contributed by atoms with van der Waals surface area (Å²) in [6.07, 6.45) is 0. The fourth-order valence-electron chi connectivity index (χ4n) is 1.49. The zero-order valence-electron chi connectivity index (χ0n) is 8.13. The van der Waals surface area contributed by atoms with Gasteiger partial charge in [0.1, 0.15) is 0 Å². The highest BCUT2D eigenvalue weighted by molar-refractivity contribution is 6.90. The summed E-state index contributed by atoms with van der Waals surface area (Å²) < 4.78 is 0. The van der Waals surface area contributed by atoms with Gasteiger partial charge >= 0.3 is 8.56 Å². The average molecular weight is 215 g/mol. The Morgan fingerprint density at radius 2 is 1.07 bits per heavy atom. The van der Waals surface area contributed by atoms with E-state index in [-0.39, 0.29) is 0 Å². The average Bonchev–Trinajstić information content (AvgIpc) is 2.31. The molecule has 0 unspecified atom stereocenters. The van der Waals surface area contributed by atoms with E-state index in [4.69, 9.17) is 0 Å². The fraction of sp³-hybridized carbons (Fsp3) is 0. The summed E-state index contributed by atoms with van der Waals surface area (Å²) in [4.78, 5) is 22.2. The molecular formula is C12H11O2Si. The lowest BCUT2D eigenvalue weighted by Crippen LogP contribution is -2.57. The summed E-state index contributed by atoms with van der Waals surface area (Å²) in [6.45, 7) is 0. The van der Waals surface area contributed by atoms with Gasteiger partial charge in [0.15, 0.2) is 0 Å². The maximum Gasteiger partial charge on any atom is 0.435 e. The topological polar surface area (TPSA) is 40.1 Å². The molecule has 75 valence electrons. The van der Waals surface area contributed by atoms with Crippen LogP contribution < -0.4 is 10.4 Å². The van der Waals surface area contributed by atoms with Crippen LogP contribution in [-0.4, -0.2) is 13.4 Å². The molecule has 1 N–H and O–H groups in total. The lowest BCUT2D eigenvalue weighted by molar-refractivity contribution is 0.329. The molecule has 0 aliphatic carbocycles. The lowest BCUT2D eigenvalue weighted by atomic mass is 10.4. The smallest absolute Gasteiger partial charge is 0.403 e. The molecular weight excluding hydrogens is 204 g/mol. The second-order valence-corrected chi connectivity index (χ2v) is 5.82. The first-order chi connectivity index (χ1) is 7.21. The van der Waals surface area contributed by atoms with Crippen molar-refractivity contribution in [1.29, 1.82) is 0 Å². The van der Waals surface area contributed by atoms with Gasteiger partial charge in [-0.2, -0.15) is 0 Å². The van der Waals surface area contributed by atoms with Crippen LogP contribution in [0.15, 0.2) is 60.7 Å². The molecule has 1 radical (unpaired) electrons. The minimum Gasteiger partial charge on any atom is -0.403 e. The van der Waals surface area contributed by atoms with Crippen molar-refractivity contribution in [3.63, 3.8) is 0 Å². The molecule has 0 saturated carbocycles. The summed E-state index contributed by atoms with van der Waals surface area (Å²) in [5, 5.41) is 0.993. The molecule has 0 spiro atoms. The molecule has 0 aliphatic rings. The molecule has 2 nitrogen and oxygen atoms in total. The molecule has 0 heterocycles. The van der Waals surface area contributed by atoms with Gasteiger partial charge in [0.2, 0.25) is 0 Å². The van der Waals surface area contributed by atoms with Gasteiger partial charge < -0.3 is 4.80 Å². The van der Waals surface area contributed by atoms with Gasteiger partial charge in [-0.3, -0.25) is 0 Å². The van der Waals surface area contributed by atoms with Crippen molar-refractivity contribution in [3.05, 3.63) is 60.7 Å². The van der Waals surface area contributed by atoms with Crippen LogP contribution in [0.1, 0.15) is 0 Å². The Bertz CT molecular complexity index is 384. The number of hydrogen-bond acceptors (Lipinski definition) is 1. The second-order valence-electron chi connectivity index (χ2n) is 3.38. The van der Waals surface area contributed by atoms with Crippen molar-refractivity contribution in [1.82, 2.24) is 0 Å². The molecule has 0 amide bonds. The third kappa shape index (κ3) is 1.99. The van der Waals surface area contributed by atoms with Crippen LogP contribution in [0.2, 0.25) is 0 Å². The largest absolute Gasteiger partial charge is 0.435 e. The van der Waals surface area contributed by atoms with Crippen molar-refractivity contribution in [2.45, 2.75) is 0 Å². The van der Waals surface area contributed by atoms with E-state index in [0.717, 1.165) is 0 Å². The number of benzene rings is 2. The van der Waals surface area contributed by atoms with E-state index < -0.39 is 8.56 Å². The summed E-state index contributed by atoms with van der Waals surface area (Å²) in [5.74, 6) is 0. The maximum absolute atomic E-state index is 12.2. The van der Waals surface area contributed by atoms with Crippen molar-refractivity contribution < 1.29 is 9.59 Å². The highest BCUT2D eigenvalue weighted by Gasteiger charge is 2.36. The van der Waals surface area contributed by atoms with Crippen molar-refractivity contribution >= 4 is 18.9 Å². The Balaban J connectivity index is 2.44. The molecule has 0 bridgehead atoms. The molecule has 0 atom stereocenters. The van der Waals surface area contributed by atoms with Crippen molar-refractivity contribution in [2.75, 3.05) is 0 Å². The van der Waals surface area contributed by atoms with E-state index in [2.05, 4.69) is 0 Å². The van der Waals surface area contributed by atoms with E-state index in [0.29, 0.717) is 10.4 Å². The van der Waals surface area contributed by atoms with Crippen LogP contribution in [0.3, 0.4) is 0 Å². The minimum absolute atomic E-state index is 0.496. The van der Waals surface area contributed by atoms with Crippen LogP contribution in [-0.2, 0) is 4.80 Å². The zero-order valence-corrected chi connectivity index (χ0v) is 9.13. The van der Waals surface area contributed by atoms with Crippen LogP contribution in [0, 0.1) is 0 Å². The van der Waals surface area contributed by atoms with Gasteiger partial charge in [-0.05, 0) is 0 Å². The Kier molecular flexibility index (Phi) is 2.68. The van der Waals surface area contributed by atoms with E-state index in [1.54, 1.807) is 48.5 Å². The van der Waals surface area contributed by atoms with Crippen molar-refractivity contribution in [2.24, 2.45) is 0 Å². The van der Waals surface area contributed by atoms with Crippen LogP contribution in [0.25, 0.3) is 0 Å². The van der Waals surface area contributed by atoms with Gasteiger partial charge in [0.25, 0.3) is 0 Å². The number of hydrogen-bond donors (Lipinski definition) is 1. The van der Waals surface area contributed by atoms with Gasteiger partial charge in [-0.25, -0.2) is 4.80 Å². The molecule has 2 aromatic carbocycles. The third-order valence-electron chi connectivity index (χ3n) is 2.33. The molecule has 0 aliphatic heterocycles. The highest BCUT2D eigenvalue weighted by atomic mass is 28.4. The quantitative estimate of drug-likeness (QED) is 0.735. The Morgan fingerprint density at radius 3 is 1.40 bits per heavy atom. The monoisotopic (exact) mass is 215 g/mol. The predicted molar refractivity (Wildman–Crippen MR) is 60.8 cm³/mol. The summed E-state index contributed by atoms with van der Waals surface area (Å²) in [5.41, 5.74) is 0. The zero-order chi connectivity index (χ0) is 10.7. The van der Waals surface area contributed by atoms with E-state index in [9.17, 15) is 9.59 Å². The lowest BCUT2D eigenvalue weighted by Gasteiger charge is -2.15. The van der Waals surface area contributed by atoms with E-state index in [1.807, 2.05) is 12.1 Å². The molecule has 0 fully saturated rings. The Morgan fingerprint density at radius 1 is 0.733 bits per heavy atom. The fourth-order valence-corrected chi connectivity index (χ4v) is 3.12. The Hall–Kier alpha value is -1.42. The molecule has 3 heteroatoms. The Labute approximate surface area is 89.7 Å². The summed E-state index contributed by atoms with van der Waals surface area (Å²) in [6, 6.07) is 17.5. The summed E-state index contributed by atoms with van der Waals surface area (Å²) >= 11 is 0. The van der Waals surface area contributed by atoms with Gasteiger partial charge in [-0.15, -0.1) is 0 Å². The first kappa shape index (κ1) is 10.1. The third-order valence-corrected chi connectivity index (χ3v) is 4.56.